The number of ether oxygens (including phenoxy) is 1. The van der Waals surface area contributed by atoms with E-state index in [9.17, 15) is 14.4 Å². The number of nitrogens with zero attached hydrogens (tertiary/aromatic N) is 2. The molecule has 9 nitrogen and oxygen atoms in total. The Morgan fingerprint density at radius 3 is 2.71 bits per heavy atom. The maximum absolute atomic E-state index is 12.6. The van der Waals surface area contributed by atoms with Gasteiger partial charge in [0.1, 0.15) is 5.69 Å². The molecule has 2 aromatic rings. The Morgan fingerprint density at radius 2 is 2.03 bits per heavy atom. The Bertz CT molecular complexity index is 1090. The molecular weight excluding hydrogens is 398 g/mol. The molecule has 0 radical (unpaired) electrons. The second-order valence-corrected chi connectivity index (χ2v) is 7.93. The Balaban J connectivity index is 1.74. The monoisotopic (exact) mass is 425 g/mol. The highest BCUT2D eigenvalue weighted by atomic mass is 16.6. The molecule has 31 heavy (non-hydrogen) atoms. The van der Waals surface area contributed by atoms with Crippen LogP contribution < -0.4 is 11.1 Å². The average Bonchev–Trinajstić information content (AvgIpc) is 3.09. The van der Waals surface area contributed by atoms with Crippen molar-refractivity contribution in [3.05, 3.63) is 41.1 Å². The van der Waals surface area contributed by atoms with Crippen LogP contribution in [-0.2, 0) is 11.2 Å². The van der Waals surface area contributed by atoms with Crippen LogP contribution >= 0.6 is 0 Å². The fourth-order valence-corrected chi connectivity index (χ4v) is 4.71. The molecule has 0 saturated heterocycles. The number of hydrogen-bond acceptors (Lipinski definition) is 5. The van der Waals surface area contributed by atoms with E-state index in [0.29, 0.717) is 26.1 Å². The third-order valence-electron chi connectivity index (χ3n) is 6.15. The van der Waals surface area contributed by atoms with Gasteiger partial charge >= 0.3 is 18.1 Å². The first kappa shape index (κ1) is 20.9. The number of nitrogens with two attached hydrogens (primary N) is 1. The fraction of sp³-hybridized carbons (Fsp3) is 0.409. The van der Waals surface area contributed by atoms with Crippen molar-refractivity contribution in [3.63, 3.8) is 0 Å². The van der Waals surface area contributed by atoms with Gasteiger partial charge in [-0.25, -0.2) is 14.4 Å². The molecule has 0 fully saturated rings. The number of fused-ring (bicyclic) bond motifs is 2. The molecule has 1 unspecified atom stereocenters. The molecule has 1 aromatic carbocycles. The summed E-state index contributed by atoms with van der Waals surface area (Å²) in [6.45, 7) is 5.87. The van der Waals surface area contributed by atoms with E-state index in [0.717, 1.165) is 27.6 Å². The van der Waals surface area contributed by atoms with Crippen molar-refractivity contribution < 1.29 is 19.1 Å². The number of hydrogen-bond donors (Lipinski definition) is 3. The summed E-state index contributed by atoms with van der Waals surface area (Å²) in [5.41, 5.74) is 9.02. The van der Waals surface area contributed by atoms with E-state index in [-0.39, 0.29) is 23.8 Å². The van der Waals surface area contributed by atoms with E-state index in [1.807, 2.05) is 39.1 Å². The Labute approximate surface area is 180 Å². The SMILES string of the molecule is CCN(CC)C(=O)NC1C=C2c3cccc4[nH]c(C(=O)OC(N)=O)c(c34)C[C@H]2N(C)C1. The van der Waals surface area contributed by atoms with Crippen molar-refractivity contribution in [3.8, 4) is 0 Å². The Hall–Kier alpha value is -3.33. The van der Waals surface area contributed by atoms with Crippen LogP contribution in [0.3, 0.4) is 0 Å². The molecule has 0 bridgehead atoms. The largest absolute Gasteiger partial charge is 0.412 e. The normalized spacial score (nSPS) is 20.0. The lowest BCUT2D eigenvalue weighted by molar-refractivity contribution is 0.0631. The number of esters is 1. The van der Waals surface area contributed by atoms with Gasteiger partial charge in [0.25, 0.3) is 0 Å². The summed E-state index contributed by atoms with van der Waals surface area (Å²) in [6.07, 6.45) is 1.58. The molecule has 4 N–H and O–H groups in total. The molecule has 0 saturated carbocycles. The van der Waals surface area contributed by atoms with Crippen LogP contribution in [0.15, 0.2) is 24.3 Å². The molecule has 164 valence electrons. The predicted octanol–water partition coefficient (Wildman–Crippen LogP) is 2.08. The minimum Gasteiger partial charge on any atom is -0.372 e. The number of aromatic amines is 1. The van der Waals surface area contributed by atoms with Crippen LogP contribution in [0.5, 0.6) is 0 Å². The van der Waals surface area contributed by atoms with Gasteiger partial charge in [0.15, 0.2) is 0 Å². The number of carbonyl (C=O) groups is 3. The van der Waals surface area contributed by atoms with E-state index in [1.54, 1.807) is 4.90 Å². The fourth-order valence-electron chi connectivity index (χ4n) is 4.71. The van der Waals surface area contributed by atoms with E-state index < -0.39 is 12.1 Å². The lowest BCUT2D eigenvalue weighted by Gasteiger charge is -2.40. The quantitative estimate of drug-likeness (QED) is 0.512. The van der Waals surface area contributed by atoms with Gasteiger partial charge in [-0.15, -0.1) is 0 Å². The molecule has 2 heterocycles. The first-order valence-corrected chi connectivity index (χ1v) is 10.5. The zero-order valence-corrected chi connectivity index (χ0v) is 17.9. The Kier molecular flexibility index (Phi) is 5.45. The lowest BCUT2D eigenvalue weighted by Crippen LogP contribution is -2.52. The lowest BCUT2D eigenvalue weighted by atomic mass is 9.80. The van der Waals surface area contributed by atoms with Crippen LogP contribution in [0.25, 0.3) is 16.5 Å². The van der Waals surface area contributed by atoms with E-state index >= 15 is 0 Å². The molecule has 4 rings (SSSR count). The summed E-state index contributed by atoms with van der Waals surface area (Å²) in [7, 11) is 2.01. The summed E-state index contributed by atoms with van der Waals surface area (Å²) < 4.78 is 4.63. The Morgan fingerprint density at radius 1 is 1.29 bits per heavy atom. The van der Waals surface area contributed by atoms with Crippen molar-refractivity contribution in [1.29, 1.82) is 0 Å². The van der Waals surface area contributed by atoms with Gasteiger partial charge in [-0.2, -0.15) is 0 Å². The van der Waals surface area contributed by atoms with Crippen molar-refractivity contribution >= 4 is 34.6 Å². The molecule has 1 aromatic heterocycles. The van der Waals surface area contributed by atoms with E-state index in [1.165, 1.54) is 0 Å². The van der Waals surface area contributed by atoms with Crippen LogP contribution in [0.2, 0.25) is 0 Å². The summed E-state index contributed by atoms with van der Waals surface area (Å²) in [6, 6.07) is 5.66. The molecule has 3 amide bonds. The smallest absolute Gasteiger partial charge is 0.372 e. The first-order valence-electron chi connectivity index (χ1n) is 10.5. The number of H-pyrrole nitrogens is 1. The molecule has 1 aliphatic heterocycles. The second kappa shape index (κ2) is 8.07. The molecular formula is C22H27N5O4. The third kappa shape index (κ3) is 3.65. The van der Waals surface area contributed by atoms with Gasteiger partial charge in [0.2, 0.25) is 0 Å². The number of aromatic nitrogens is 1. The number of urea groups is 1. The molecule has 2 aliphatic rings. The van der Waals surface area contributed by atoms with Gasteiger partial charge in [0.05, 0.1) is 6.04 Å². The van der Waals surface area contributed by atoms with Crippen LogP contribution in [0.1, 0.15) is 35.5 Å². The molecule has 2 atom stereocenters. The number of nitrogens with one attached hydrogen (secondary N) is 2. The number of amides is 3. The van der Waals surface area contributed by atoms with Gasteiger partial charge in [-0.1, -0.05) is 18.2 Å². The highest BCUT2D eigenvalue weighted by molar-refractivity contribution is 6.06. The second-order valence-electron chi connectivity index (χ2n) is 7.93. The van der Waals surface area contributed by atoms with Crippen molar-refractivity contribution in [2.24, 2.45) is 5.73 Å². The molecule has 9 heteroatoms. The number of likely N-dealkylation sites (N-methyl/N-ethyl adjacent to an activating group) is 1. The number of carbonyl (C=O) groups excluding carboxylic acids is 3. The first-order chi connectivity index (χ1) is 14.8. The topological polar surface area (TPSA) is 121 Å². The van der Waals surface area contributed by atoms with E-state index in [4.69, 9.17) is 5.73 Å². The zero-order chi connectivity index (χ0) is 22.3. The minimum absolute atomic E-state index is 0.0376. The van der Waals surface area contributed by atoms with Crippen LogP contribution in [-0.4, -0.2) is 71.6 Å². The third-order valence-corrected chi connectivity index (χ3v) is 6.15. The summed E-state index contributed by atoms with van der Waals surface area (Å²) in [5, 5.41) is 4.06. The molecule has 0 spiro atoms. The van der Waals surface area contributed by atoms with Crippen LogP contribution in [0, 0.1) is 0 Å². The highest BCUT2D eigenvalue weighted by Crippen LogP contribution is 2.41. The standard InChI is InChI=1S/C22H27N5O4/c1-4-27(5-2)22(30)24-12-9-14-13-7-6-8-16-18(13)15(10-17(14)26(3)11-12)19(25-16)20(28)31-21(23)29/h6-9,12,17,25H,4-5,10-11H2,1-3H3,(H2,23,29)(H,24,30)/t12?,17-/m1/s1. The zero-order valence-electron chi connectivity index (χ0n) is 17.9. The van der Waals surface area contributed by atoms with Gasteiger partial charge in [-0.3, -0.25) is 4.90 Å². The minimum atomic E-state index is -1.13. The van der Waals surface area contributed by atoms with Gasteiger partial charge in [-0.05, 0) is 50.1 Å². The highest BCUT2D eigenvalue weighted by Gasteiger charge is 2.37. The molecule has 1 aliphatic carbocycles. The van der Waals surface area contributed by atoms with E-state index in [2.05, 4.69) is 26.0 Å². The van der Waals surface area contributed by atoms with Crippen molar-refractivity contribution in [1.82, 2.24) is 20.1 Å². The number of benzene rings is 1. The summed E-state index contributed by atoms with van der Waals surface area (Å²) >= 11 is 0. The van der Waals surface area contributed by atoms with Crippen molar-refractivity contribution in [2.75, 3.05) is 26.7 Å². The average molecular weight is 425 g/mol. The predicted molar refractivity (Wildman–Crippen MR) is 117 cm³/mol. The summed E-state index contributed by atoms with van der Waals surface area (Å²) in [5.74, 6) is -0.778. The maximum atomic E-state index is 12.6. The van der Waals surface area contributed by atoms with Crippen molar-refractivity contribution in [2.45, 2.75) is 32.4 Å². The maximum Gasteiger partial charge on any atom is 0.412 e. The van der Waals surface area contributed by atoms with Crippen LogP contribution in [0.4, 0.5) is 9.59 Å². The summed E-state index contributed by atoms with van der Waals surface area (Å²) in [4.78, 5) is 43.1. The number of primary amides is 1. The van der Waals surface area contributed by atoms with Gasteiger partial charge in [0, 0.05) is 36.6 Å². The number of rotatable bonds is 4. The van der Waals surface area contributed by atoms with Gasteiger partial charge < -0.3 is 25.7 Å².